The van der Waals surface area contributed by atoms with Crippen LogP contribution in [0.2, 0.25) is 0 Å². The van der Waals surface area contributed by atoms with E-state index in [1.807, 2.05) is 47.4 Å². The third kappa shape index (κ3) is 5.37. The molecule has 180 valence electrons. The Morgan fingerprint density at radius 2 is 1.68 bits per heavy atom. The summed E-state index contributed by atoms with van der Waals surface area (Å²) < 4.78 is 17.5. The fraction of sp³-hybridized carbons (Fsp3) is 0.391. The molecular formula is C23H29N7O4. The van der Waals surface area contributed by atoms with Crippen LogP contribution >= 0.6 is 0 Å². The largest absolute Gasteiger partial charge is 0.497 e. The van der Waals surface area contributed by atoms with E-state index in [0.29, 0.717) is 37.7 Å². The average molecular weight is 468 g/mol. The van der Waals surface area contributed by atoms with Gasteiger partial charge in [0.1, 0.15) is 5.75 Å². The molecule has 0 atom stereocenters. The Bertz CT molecular complexity index is 1090. The van der Waals surface area contributed by atoms with Crippen molar-refractivity contribution in [3.8, 4) is 22.9 Å². The molecule has 1 fully saturated rings. The molecular weight excluding hydrogens is 438 g/mol. The number of carbonyl (C=O) groups is 1. The summed E-state index contributed by atoms with van der Waals surface area (Å²) in [6.45, 7) is 3.73. The van der Waals surface area contributed by atoms with Crippen molar-refractivity contribution in [1.29, 1.82) is 0 Å². The summed E-state index contributed by atoms with van der Waals surface area (Å²) in [6, 6.07) is 13.1. The second kappa shape index (κ2) is 10.8. The molecule has 1 aliphatic heterocycles. The van der Waals surface area contributed by atoms with Gasteiger partial charge in [0, 0.05) is 32.7 Å². The molecule has 2 amide bonds. The summed E-state index contributed by atoms with van der Waals surface area (Å²) in [5, 5.41) is 15.1. The number of urea groups is 1. The molecule has 2 aromatic carbocycles. The van der Waals surface area contributed by atoms with E-state index >= 15 is 0 Å². The molecule has 1 N–H and O–H groups in total. The van der Waals surface area contributed by atoms with Crippen LogP contribution < -0.4 is 19.5 Å². The lowest BCUT2D eigenvalue weighted by Gasteiger charge is -2.34. The number of rotatable bonds is 8. The maximum Gasteiger partial charge on any atom is 0.317 e. The zero-order chi connectivity index (χ0) is 23.9. The summed E-state index contributed by atoms with van der Waals surface area (Å²) >= 11 is 0. The number of nitrogens with one attached hydrogen (secondary N) is 1. The summed E-state index contributed by atoms with van der Waals surface area (Å²) in [6.07, 6.45) is 0. The number of nitrogens with zero attached hydrogens (tertiary/aromatic N) is 6. The van der Waals surface area contributed by atoms with E-state index in [0.717, 1.165) is 35.9 Å². The zero-order valence-corrected chi connectivity index (χ0v) is 19.6. The van der Waals surface area contributed by atoms with Crippen molar-refractivity contribution in [3.05, 3.63) is 53.9 Å². The number of amides is 2. The van der Waals surface area contributed by atoms with Crippen LogP contribution in [0.4, 0.5) is 4.79 Å². The highest BCUT2D eigenvalue weighted by molar-refractivity contribution is 5.74. The molecule has 11 heteroatoms. The maximum absolute atomic E-state index is 12.7. The predicted molar refractivity (Wildman–Crippen MR) is 124 cm³/mol. The predicted octanol–water partition coefficient (Wildman–Crippen LogP) is 1.72. The number of aromatic nitrogens is 4. The third-order valence-corrected chi connectivity index (χ3v) is 5.77. The van der Waals surface area contributed by atoms with Gasteiger partial charge in [-0.2, -0.15) is 4.68 Å². The van der Waals surface area contributed by atoms with Gasteiger partial charge in [-0.3, -0.25) is 4.90 Å². The van der Waals surface area contributed by atoms with Crippen LogP contribution in [0, 0.1) is 0 Å². The number of tetrazole rings is 1. The minimum absolute atomic E-state index is 0.0856. The summed E-state index contributed by atoms with van der Waals surface area (Å²) in [5.74, 6) is 2.82. The van der Waals surface area contributed by atoms with E-state index in [-0.39, 0.29) is 6.03 Å². The van der Waals surface area contributed by atoms with Crippen LogP contribution in [0.3, 0.4) is 0 Å². The SMILES string of the molecule is COc1ccc(-n2nnnc2CN2CCN(C(=O)NCc3ccc(OC)c(OC)c3)CC2)cc1. The van der Waals surface area contributed by atoms with Gasteiger partial charge in [-0.15, -0.1) is 5.10 Å². The number of ether oxygens (including phenoxy) is 3. The van der Waals surface area contributed by atoms with E-state index < -0.39 is 0 Å². The fourth-order valence-corrected chi connectivity index (χ4v) is 3.82. The van der Waals surface area contributed by atoms with Crippen LogP contribution in [-0.4, -0.2) is 83.5 Å². The summed E-state index contributed by atoms with van der Waals surface area (Å²) in [4.78, 5) is 16.7. The first-order valence-electron chi connectivity index (χ1n) is 11.0. The van der Waals surface area contributed by atoms with Crippen molar-refractivity contribution >= 4 is 6.03 Å². The first-order chi connectivity index (χ1) is 16.6. The van der Waals surface area contributed by atoms with Crippen molar-refractivity contribution in [2.75, 3.05) is 47.5 Å². The Morgan fingerprint density at radius 3 is 2.35 bits per heavy atom. The average Bonchev–Trinajstić information content (AvgIpc) is 3.35. The second-order valence-corrected chi connectivity index (χ2v) is 7.82. The fourth-order valence-electron chi connectivity index (χ4n) is 3.82. The third-order valence-electron chi connectivity index (χ3n) is 5.77. The van der Waals surface area contributed by atoms with Crippen molar-refractivity contribution in [2.24, 2.45) is 0 Å². The van der Waals surface area contributed by atoms with Crippen LogP contribution in [-0.2, 0) is 13.1 Å². The Hall–Kier alpha value is -3.86. The van der Waals surface area contributed by atoms with Crippen molar-refractivity contribution in [1.82, 2.24) is 35.3 Å². The first kappa shape index (κ1) is 23.3. The zero-order valence-electron chi connectivity index (χ0n) is 19.6. The molecule has 1 aromatic heterocycles. The van der Waals surface area contributed by atoms with E-state index in [4.69, 9.17) is 14.2 Å². The number of piperazine rings is 1. The van der Waals surface area contributed by atoms with E-state index in [9.17, 15) is 4.79 Å². The lowest BCUT2D eigenvalue weighted by atomic mass is 10.2. The highest BCUT2D eigenvalue weighted by Gasteiger charge is 2.23. The van der Waals surface area contributed by atoms with Gasteiger partial charge in [0.2, 0.25) is 0 Å². The van der Waals surface area contributed by atoms with Gasteiger partial charge < -0.3 is 24.4 Å². The molecule has 0 unspecified atom stereocenters. The lowest BCUT2D eigenvalue weighted by molar-refractivity contribution is 0.132. The number of methoxy groups -OCH3 is 3. The van der Waals surface area contributed by atoms with Gasteiger partial charge in [-0.1, -0.05) is 6.07 Å². The Labute approximate surface area is 198 Å². The number of hydrogen-bond acceptors (Lipinski definition) is 8. The molecule has 3 aromatic rings. The standard InChI is InChI=1S/C23H29N7O4/c1-32-19-7-5-18(6-8-19)30-22(25-26-27-30)16-28-10-12-29(13-11-28)23(31)24-15-17-4-9-20(33-2)21(14-17)34-3/h4-9,14H,10-13,15-16H2,1-3H3,(H,24,31). The molecule has 1 aliphatic rings. The topological polar surface area (TPSA) is 107 Å². The lowest BCUT2D eigenvalue weighted by Crippen LogP contribution is -2.51. The monoisotopic (exact) mass is 467 g/mol. The van der Waals surface area contributed by atoms with Crippen molar-refractivity contribution in [3.63, 3.8) is 0 Å². The Balaban J connectivity index is 1.28. The molecule has 0 radical (unpaired) electrons. The summed E-state index contributed by atoms with van der Waals surface area (Å²) in [5.41, 5.74) is 1.81. The van der Waals surface area contributed by atoms with Crippen molar-refractivity contribution in [2.45, 2.75) is 13.1 Å². The minimum Gasteiger partial charge on any atom is -0.497 e. The van der Waals surface area contributed by atoms with Crippen LogP contribution in [0.1, 0.15) is 11.4 Å². The molecule has 4 rings (SSSR count). The van der Waals surface area contributed by atoms with Crippen LogP contribution in [0.15, 0.2) is 42.5 Å². The van der Waals surface area contributed by atoms with Gasteiger partial charge >= 0.3 is 6.03 Å². The quantitative estimate of drug-likeness (QED) is 0.534. The molecule has 2 heterocycles. The molecule has 1 saturated heterocycles. The molecule has 11 nitrogen and oxygen atoms in total. The molecule has 0 aliphatic carbocycles. The van der Waals surface area contributed by atoms with Gasteiger partial charge in [0.05, 0.1) is 33.6 Å². The van der Waals surface area contributed by atoms with Crippen LogP contribution in [0.5, 0.6) is 17.2 Å². The van der Waals surface area contributed by atoms with Gasteiger partial charge in [0.15, 0.2) is 17.3 Å². The Kier molecular flexibility index (Phi) is 7.43. The normalized spacial score (nSPS) is 14.0. The van der Waals surface area contributed by atoms with Gasteiger partial charge in [-0.25, -0.2) is 4.79 Å². The minimum atomic E-state index is -0.0856. The van der Waals surface area contributed by atoms with Crippen molar-refractivity contribution < 1.29 is 19.0 Å². The van der Waals surface area contributed by atoms with E-state index in [1.54, 1.807) is 26.0 Å². The van der Waals surface area contributed by atoms with Crippen LogP contribution in [0.25, 0.3) is 5.69 Å². The summed E-state index contributed by atoms with van der Waals surface area (Å²) in [7, 11) is 4.82. The number of hydrogen-bond donors (Lipinski definition) is 1. The van der Waals surface area contributed by atoms with E-state index in [1.165, 1.54) is 0 Å². The first-order valence-corrected chi connectivity index (χ1v) is 11.0. The number of benzene rings is 2. The second-order valence-electron chi connectivity index (χ2n) is 7.82. The van der Waals surface area contributed by atoms with Gasteiger partial charge in [0.25, 0.3) is 0 Å². The highest BCUT2D eigenvalue weighted by atomic mass is 16.5. The van der Waals surface area contributed by atoms with E-state index in [2.05, 4.69) is 25.7 Å². The van der Waals surface area contributed by atoms with Gasteiger partial charge in [-0.05, 0) is 52.4 Å². The molecule has 34 heavy (non-hydrogen) atoms. The molecule has 0 spiro atoms. The molecule has 0 saturated carbocycles. The maximum atomic E-state index is 12.7. The highest BCUT2D eigenvalue weighted by Crippen LogP contribution is 2.27. The molecule has 0 bridgehead atoms. The smallest absolute Gasteiger partial charge is 0.317 e. The number of carbonyl (C=O) groups excluding carboxylic acids is 1. The Morgan fingerprint density at radius 1 is 0.941 bits per heavy atom.